The summed E-state index contributed by atoms with van der Waals surface area (Å²) in [5, 5.41) is 11.2. The van der Waals surface area contributed by atoms with Crippen LogP contribution in [0.4, 0.5) is 10.1 Å². The number of carbonyl (C=O) groups excluding carboxylic acids is 1. The zero-order valence-corrected chi connectivity index (χ0v) is 11.7. The number of hydrogen-bond acceptors (Lipinski definition) is 4. The van der Waals surface area contributed by atoms with Crippen LogP contribution in [0.25, 0.3) is 0 Å². The Morgan fingerprint density at radius 2 is 2.19 bits per heavy atom. The maximum atomic E-state index is 13.6. The van der Waals surface area contributed by atoms with Crippen molar-refractivity contribution in [1.82, 2.24) is 9.78 Å². The molecule has 1 heterocycles. The van der Waals surface area contributed by atoms with E-state index in [0.29, 0.717) is 6.54 Å². The van der Waals surface area contributed by atoms with Crippen LogP contribution in [0.3, 0.4) is 0 Å². The normalized spacial score (nSPS) is 11.3. The number of amides is 1. The molecule has 3 N–H and O–H groups in total. The molecule has 2 rings (SSSR count). The standard InChI is InChI=1S/C12H13FN4O3S/c13-10-3-2-9(21(14,19)20)8-11(10)16-12(18)4-7-17-6-1-5-15-17/h1-3,5-6,8H,4,7H2,(H,16,18)(H2,14,19,20). The van der Waals surface area contributed by atoms with Crippen molar-refractivity contribution < 1.29 is 17.6 Å². The second-order valence-electron chi connectivity index (χ2n) is 4.25. The van der Waals surface area contributed by atoms with Crippen molar-refractivity contribution in [2.24, 2.45) is 5.14 Å². The molecular weight excluding hydrogens is 299 g/mol. The van der Waals surface area contributed by atoms with Gasteiger partial charge in [0.1, 0.15) is 5.82 Å². The molecule has 0 atom stereocenters. The van der Waals surface area contributed by atoms with Gasteiger partial charge in [-0.3, -0.25) is 9.48 Å². The number of benzene rings is 1. The predicted octanol–water partition coefficient (Wildman–Crippen LogP) is 0.698. The van der Waals surface area contributed by atoms with Crippen LogP contribution in [0.5, 0.6) is 0 Å². The van der Waals surface area contributed by atoms with E-state index in [-0.39, 0.29) is 17.0 Å². The lowest BCUT2D eigenvalue weighted by Crippen LogP contribution is -2.17. The molecule has 0 saturated carbocycles. The minimum atomic E-state index is -3.96. The number of nitrogens with zero attached hydrogens (tertiary/aromatic N) is 2. The lowest BCUT2D eigenvalue weighted by Gasteiger charge is -2.08. The average molecular weight is 312 g/mol. The molecule has 21 heavy (non-hydrogen) atoms. The third-order valence-electron chi connectivity index (χ3n) is 2.67. The van der Waals surface area contributed by atoms with Gasteiger partial charge in [0.05, 0.1) is 10.6 Å². The molecule has 0 aliphatic carbocycles. The largest absolute Gasteiger partial charge is 0.324 e. The fourth-order valence-electron chi connectivity index (χ4n) is 1.64. The highest BCUT2D eigenvalue weighted by molar-refractivity contribution is 7.89. The Kier molecular flexibility index (Phi) is 4.34. The zero-order valence-electron chi connectivity index (χ0n) is 10.9. The van der Waals surface area contributed by atoms with Gasteiger partial charge < -0.3 is 5.32 Å². The molecule has 0 fully saturated rings. The van der Waals surface area contributed by atoms with Gasteiger partial charge in [0.25, 0.3) is 0 Å². The summed E-state index contributed by atoms with van der Waals surface area (Å²) >= 11 is 0. The highest BCUT2D eigenvalue weighted by Gasteiger charge is 2.13. The maximum absolute atomic E-state index is 13.6. The quantitative estimate of drug-likeness (QED) is 0.847. The molecule has 1 amide bonds. The van der Waals surface area contributed by atoms with Gasteiger partial charge in [0.2, 0.25) is 15.9 Å². The van der Waals surface area contributed by atoms with Crippen LogP contribution in [0, 0.1) is 5.82 Å². The highest BCUT2D eigenvalue weighted by atomic mass is 32.2. The smallest absolute Gasteiger partial charge is 0.238 e. The van der Waals surface area contributed by atoms with E-state index in [1.165, 1.54) is 0 Å². The van der Waals surface area contributed by atoms with Crippen LogP contribution in [0.15, 0.2) is 41.6 Å². The van der Waals surface area contributed by atoms with Crippen molar-refractivity contribution in [2.75, 3.05) is 5.32 Å². The Bertz CT molecular complexity index is 744. The summed E-state index contributed by atoms with van der Waals surface area (Å²) in [6.07, 6.45) is 3.34. The number of carbonyl (C=O) groups is 1. The van der Waals surface area contributed by atoms with E-state index in [2.05, 4.69) is 10.4 Å². The Morgan fingerprint density at radius 1 is 1.43 bits per heavy atom. The van der Waals surface area contributed by atoms with Crippen LogP contribution < -0.4 is 10.5 Å². The number of sulfonamides is 1. The van der Waals surface area contributed by atoms with Crippen LogP contribution in [-0.2, 0) is 21.4 Å². The number of primary sulfonamides is 1. The van der Waals surface area contributed by atoms with Crippen molar-refractivity contribution >= 4 is 21.6 Å². The molecule has 0 spiro atoms. The molecule has 112 valence electrons. The van der Waals surface area contributed by atoms with E-state index in [4.69, 9.17) is 5.14 Å². The van der Waals surface area contributed by atoms with Gasteiger partial charge >= 0.3 is 0 Å². The van der Waals surface area contributed by atoms with Crippen molar-refractivity contribution in [3.05, 3.63) is 42.5 Å². The molecular formula is C12H13FN4O3S. The van der Waals surface area contributed by atoms with Gasteiger partial charge in [-0.1, -0.05) is 0 Å². The number of anilines is 1. The molecule has 1 aromatic heterocycles. The van der Waals surface area contributed by atoms with Crippen molar-refractivity contribution in [2.45, 2.75) is 17.9 Å². The summed E-state index contributed by atoms with van der Waals surface area (Å²) in [4.78, 5) is 11.4. The molecule has 2 aromatic rings. The number of hydrogen-bond donors (Lipinski definition) is 2. The third kappa shape index (κ3) is 4.10. The first kappa shape index (κ1) is 15.1. The first-order valence-electron chi connectivity index (χ1n) is 5.96. The van der Waals surface area contributed by atoms with Crippen LogP contribution in [-0.4, -0.2) is 24.1 Å². The Hall–Kier alpha value is -2.26. The number of nitrogens with one attached hydrogen (secondary N) is 1. The van der Waals surface area contributed by atoms with Gasteiger partial charge in [0, 0.05) is 25.4 Å². The van der Waals surface area contributed by atoms with E-state index in [1.807, 2.05) is 0 Å². The summed E-state index contributed by atoms with van der Waals surface area (Å²) in [5.74, 6) is -1.20. The van der Waals surface area contributed by atoms with Gasteiger partial charge in [0.15, 0.2) is 0 Å². The van der Waals surface area contributed by atoms with Crippen LogP contribution >= 0.6 is 0 Å². The summed E-state index contributed by atoms with van der Waals surface area (Å²) in [6.45, 7) is 0.329. The molecule has 0 aliphatic heterocycles. The minimum Gasteiger partial charge on any atom is -0.324 e. The lowest BCUT2D eigenvalue weighted by molar-refractivity contribution is -0.116. The summed E-state index contributed by atoms with van der Waals surface area (Å²) in [7, 11) is -3.96. The van der Waals surface area contributed by atoms with Gasteiger partial charge in [-0.2, -0.15) is 5.10 Å². The first-order chi connectivity index (χ1) is 9.86. The van der Waals surface area contributed by atoms with Crippen molar-refractivity contribution in [3.63, 3.8) is 0 Å². The fraction of sp³-hybridized carbons (Fsp3) is 0.167. The number of aromatic nitrogens is 2. The fourth-order valence-corrected chi connectivity index (χ4v) is 2.18. The maximum Gasteiger partial charge on any atom is 0.238 e. The van der Waals surface area contributed by atoms with E-state index < -0.39 is 21.7 Å². The van der Waals surface area contributed by atoms with Crippen molar-refractivity contribution in [3.8, 4) is 0 Å². The second-order valence-corrected chi connectivity index (χ2v) is 5.82. The summed E-state index contributed by atoms with van der Waals surface area (Å²) in [5.41, 5.74) is -0.230. The van der Waals surface area contributed by atoms with Gasteiger partial charge in [-0.05, 0) is 24.3 Å². The Morgan fingerprint density at radius 3 is 2.81 bits per heavy atom. The highest BCUT2D eigenvalue weighted by Crippen LogP contribution is 2.19. The minimum absolute atomic E-state index is 0.0702. The van der Waals surface area contributed by atoms with Crippen LogP contribution in [0.2, 0.25) is 0 Å². The number of aryl methyl sites for hydroxylation is 1. The topological polar surface area (TPSA) is 107 Å². The first-order valence-corrected chi connectivity index (χ1v) is 7.50. The SMILES string of the molecule is NS(=O)(=O)c1ccc(F)c(NC(=O)CCn2cccn2)c1. The monoisotopic (exact) mass is 312 g/mol. The number of rotatable bonds is 5. The zero-order chi connectivity index (χ0) is 15.5. The lowest BCUT2D eigenvalue weighted by atomic mass is 10.3. The average Bonchev–Trinajstić information content (AvgIpc) is 2.91. The summed E-state index contributed by atoms with van der Waals surface area (Å²) < 4.78 is 37.5. The Balaban J connectivity index is 2.06. The number of halogens is 1. The molecule has 0 aliphatic rings. The van der Waals surface area contributed by atoms with E-state index in [1.54, 1.807) is 23.1 Å². The Labute approximate surface area is 120 Å². The number of nitrogens with two attached hydrogens (primary N) is 1. The third-order valence-corrected chi connectivity index (χ3v) is 3.58. The molecule has 0 radical (unpaired) electrons. The molecule has 9 heteroatoms. The molecule has 0 saturated heterocycles. The van der Waals surface area contributed by atoms with E-state index >= 15 is 0 Å². The van der Waals surface area contributed by atoms with E-state index in [9.17, 15) is 17.6 Å². The molecule has 7 nitrogen and oxygen atoms in total. The predicted molar refractivity (Wildman–Crippen MR) is 73.2 cm³/mol. The summed E-state index contributed by atoms with van der Waals surface area (Å²) in [6, 6.07) is 4.66. The van der Waals surface area contributed by atoms with Gasteiger partial charge in [-0.15, -0.1) is 0 Å². The second kappa shape index (κ2) is 6.02. The van der Waals surface area contributed by atoms with Crippen molar-refractivity contribution in [1.29, 1.82) is 0 Å². The molecule has 0 bridgehead atoms. The molecule has 0 unspecified atom stereocenters. The molecule has 1 aromatic carbocycles. The van der Waals surface area contributed by atoms with Gasteiger partial charge in [-0.25, -0.2) is 17.9 Å². The van der Waals surface area contributed by atoms with E-state index in [0.717, 1.165) is 18.2 Å². The van der Waals surface area contributed by atoms with Crippen LogP contribution in [0.1, 0.15) is 6.42 Å².